The van der Waals surface area contributed by atoms with E-state index in [1.54, 1.807) is 28.8 Å². The average Bonchev–Trinajstić information content (AvgIpc) is 2.85. The zero-order valence-electron chi connectivity index (χ0n) is 12.7. The fourth-order valence-corrected chi connectivity index (χ4v) is 2.55. The van der Waals surface area contributed by atoms with Crippen LogP contribution in [0.4, 0.5) is 13.2 Å². The molecular weight excluding hydrogens is 293 g/mol. The van der Waals surface area contributed by atoms with Crippen LogP contribution in [0.5, 0.6) is 0 Å². The Morgan fingerprint density at radius 1 is 1.18 bits per heavy atom. The van der Waals surface area contributed by atoms with E-state index in [1.165, 1.54) is 6.20 Å². The van der Waals surface area contributed by atoms with Gasteiger partial charge in [0.05, 0.1) is 5.56 Å². The number of aromatic nitrogens is 1. The molecule has 0 amide bonds. The van der Waals surface area contributed by atoms with E-state index < -0.39 is 12.0 Å². The Morgan fingerprint density at radius 2 is 1.82 bits per heavy atom. The van der Waals surface area contributed by atoms with Crippen LogP contribution >= 0.6 is 0 Å². The van der Waals surface area contributed by atoms with E-state index in [0.29, 0.717) is 17.4 Å². The normalized spacial score (nSPS) is 12.3. The minimum atomic E-state index is -4.85. The molecule has 2 rings (SSSR count). The van der Waals surface area contributed by atoms with Gasteiger partial charge in [-0.25, -0.2) is 0 Å². The summed E-state index contributed by atoms with van der Waals surface area (Å²) in [5.74, 6) is -1.79. The lowest BCUT2D eigenvalue weighted by Crippen LogP contribution is -2.27. The van der Waals surface area contributed by atoms with E-state index in [0.717, 1.165) is 19.6 Å². The van der Waals surface area contributed by atoms with Gasteiger partial charge in [-0.2, -0.15) is 13.2 Å². The monoisotopic (exact) mass is 312 g/mol. The molecule has 0 bridgehead atoms. The summed E-state index contributed by atoms with van der Waals surface area (Å²) in [6.07, 6.45) is -3.53. The number of carbonyl (C=O) groups is 1. The fourth-order valence-electron chi connectivity index (χ4n) is 2.55. The van der Waals surface area contributed by atoms with Crippen LogP contribution in [0.2, 0.25) is 0 Å². The van der Waals surface area contributed by atoms with Crippen LogP contribution in [-0.4, -0.2) is 41.1 Å². The van der Waals surface area contributed by atoms with Crippen molar-refractivity contribution >= 4 is 16.7 Å². The van der Waals surface area contributed by atoms with Gasteiger partial charge in [0.15, 0.2) is 0 Å². The molecule has 0 aliphatic heterocycles. The number of nitrogens with zero attached hydrogens (tertiary/aromatic N) is 2. The highest BCUT2D eigenvalue weighted by atomic mass is 19.4. The summed E-state index contributed by atoms with van der Waals surface area (Å²) in [4.78, 5) is 13.8. The number of likely N-dealkylation sites (N-methyl/N-ethyl adjacent to an activating group) is 1. The first-order valence-electron chi connectivity index (χ1n) is 7.30. The lowest BCUT2D eigenvalue weighted by Gasteiger charge is -2.18. The SMILES string of the molecule is CCN(CC)CCn1cc(C(=O)C(F)(F)F)c2ccccc21. The van der Waals surface area contributed by atoms with Crippen LogP contribution in [0.1, 0.15) is 24.2 Å². The molecule has 0 saturated carbocycles. The van der Waals surface area contributed by atoms with E-state index in [2.05, 4.69) is 4.90 Å². The zero-order chi connectivity index (χ0) is 16.3. The van der Waals surface area contributed by atoms with Gasteiger partial charge in [0.2, 0.25) is 0 Å². The van der Waals surface area contributed by atoms with Gasteiger partial charge in [-0.05, 0) is 19.2 Å². The zero-order valence-corrected chi connectivity index (χ0v) is 12.7. The van der Waals surface area contributed by atoms with Crippen LogP contribution in [0.3, 0.4) is 0 Å². The Bertz CT molecular complexity index is 657. The molecule has 3 nitrogen and oxygen atoms in total. The molecule has 120 valence electrons. The number of hydrogen-bond acceptors (Lipinski definition) is 2. The van der Waals surface area contributed by atoms with Crippen molar-refractivity contribution in [3.63, 3.8) is 0 Å². The highest BCUT2D eigenvalue weighted by Gasteiger charge is 2.40. The molecular formula is C16H19F3N2O. The van der Waals surface area contributed by atoms with E-state index >= 15 is 0 Å². The van der Waals surface area contributed by atoms with Crippen molar-refractivity contribution < 1.29 is 18.0 Å². The number of rotatable bonds is 6. The number of hydrogen-bond donors (Lipinski definition) is 0. The molecule has 22 heavy (non-hydrogen) atoms. The summed E-state index contributed by atoms with van der Waals surface area (Å²) in [6.45, 7) is 7.11. The molecule has 0 fully saturated rings. The van der Waals surface area contributed by atoms with Crippen molar-refractivity contribution in [1.82, 2.24) is 9.47 Å². The van der Waals surface area contributed by atoms with E-state index in [-0.39, 0.29) is 5.56 Å². The molecule has 6 heteroatoms. The highest BCUT2D eigenvalue weighted by molar-refractivity contribution is 6.10. The maximum atomic E-state index is 12.7. The summed E-state index contributed by atoms with van der Waals surface area (Å²) >= 11 is 0. The predicted octanol–water partition coefficient (Wildman–Crippen LogP) is 3.73. The first-order chi connectivity index (χ1) is 10.4. The van der Waals surface area contributed by atoms with Crippen molar-refractivity contribution in [3.8, 4) is 0 Å². The number of alkyl halides is 3. The second-order valence-corrected chi connectivity index (χ2v) is 5.11. The summed E-state index contributed by atoms with van der Waals surface area (Å²) in [7, 11) is 0. The summed E-state index contributed by atoms with van der Waals surface area (Å²) < 4.78 is 39.9. The Hall–Kier alpha value is -1.82. The summed E-state index contributed by atoms with van der Waals surface area (Å²) in [5, 5.41) is 0.351. The lowest BCUT2D eigenvalue weighted by atomic mass is 10.1. The molecule has 0 saturated heterocycles. The standard InChI is InChI=1S/C16H19F3N2O/c1-3-20(4-2)9-10-21-11-13(15(22)16(17,18)19)12-7-5-6-8-14(12)21/h5-8,11H,3-4,9-10H2,1-2H3. The number of halogens is 3. The number of para-hydroxylation sites is 1. The highest BCUT2D eigenvalue weighted by Crippen LogP contribution is 2.28. The van der Waals surface area contributed by atoms with Crippen LogP contribution < -0.4 is 0 Å². The number of ketones is 1. The number of benzene rings is 1. The van der Waals surface area contributed by atoms with Gasteiger partial charge < -0.3 is 9.47 Å². The van der Waals surface area contributed by atoms with Gasteiger partial charge in [0.1, 0.15) is 0 Å². The van der Waals surface area contributed by atoms with Crippen molar-refractivity contribution in [2.75, 3.05) is 19.6 Å². The topological polar surface area (TPSA) is 25.2 Å². The van der Waals surface area contributed by atoms with Crippen LogP contribution in [0.25, 0.3) is 10.9 Å². The van der Waals surface area contributed by atoms with Crippen molar-refractivity contribution in [3.05, 3.63) is 36.0 Å². The van der Waals surface area contributed by atoms with Crippen molar-refractivity contribution in [2.24, 2.45) is 0 Å². The van der Waals surface area contributed by atoms with Crippen molar-refractivity contribution in [1.29, 1.82) is 0 Å². The molecule has 2 aromatic rings. The van der Waals surface area contributed by atoms with Gasteiger partial charge in [-0.3, -0.25) is 4.79 Å². The molecule has 1 aromatic heterocycles. The average molecular weight is 312 g/mol. The molecule has 0 N–H and O–H groups in total. The third kappa shape index (κ3) is 3.32. The lowest BCUT2D eigenvalue weighted by molar-refractivity contribution is -0.0884. The second kappa shape index (κ2) is 6.52. The maximum absolute atomic E-state index is 12.7. The van der Waals surface area contributed by atoms with E-state index in [1.807, 2.05) is 13.8 Å². The Balaban J connectivity index is 2.38. The van der Waals surface area contributed by atoms with Crippen molar-refractivity contribution in [2.45, 2.75) is 26.6 Å². The second-order valence-electron chi connectivity index (χ2n) is 5.11. The van der Waals surface area contributed by atoms with Gasteiger partial charge in [-0.15, -0.1) is 0 Å². The molecule has 0 radical (unpaired) electrons. The smallest absolute Gasteiger partial charge is 0.345 e. The van der Waals surface area contributed by atoms with Gasteiger partial charge in [-0.1, -0.05) is 32.0 Å². The number of carbonyl (C=O) groups excluding carboxylic acids is 1. The van der Waals surface area contributed by atoms with E-state index in [9.17, 15) is 18.0 Å². The van der Waals surface area contributed by atoms with Gasteiger partial charge in [0.25, 0.3) is 5.78 Å². The first kappa shape index (κ1) is 16.5. The van der Waals surface area contributed by atoms with Gasteiger partial charge >= 0.3 is 6.18 Å². The van der Waals surface area contributed by atoms with Crippen LogP contribution in [-0.2, 0) is 6.54 Å². The molecule has 0 aliphatic carbocycles. The van der Waals surface area contributed by atoms with Gasteiger partial charge in [0, 0.05) is 30.2 Å². The summed E-state index contributed by atoms with van der Waals surface area (Å²) in [6, 6.07) is 6.70. The molecule has 0 aliphatic rings. The van der Waals surface area contributed by atoms with E-state index in [4.69, 9.17) is 0 Å². The molecule has 0 atom stereocenters. The fraction of sp³-hybridized carbons (Fsp3) is 0.438. The molecule has 0 unspecified atom stereocenters. The minimum Gasteiger partial charge on any atom is -0.345 e. The largest absolute Gasteiger partial charge is 0.454 e. The minimum absolute atomic E-state index is 0.275. The third-order valence-corrected chi connectivity index (χ3v) is 3.84. The molecule has 1 heterocycles. The molecule has 1 aromatic carbocycles. The van der Waals surface area contributed by atoms with Crippen LogP contribution in [0.15, 0.2) is 30.5 Å². The Labute approximate surface area is 127 Å². The number of Topliss-reactive ketones (excluding diaryl/α,β-unsaturated/α-hetero) is 1. The Kier molecular flexibility index (Phi) is 4.90. The maximum Gasteiger partial charge on any atom is 0.454 e. The third-order valence-electron chi connectivity index (χ3n) is 3.84. The predicted molar refractivity (Wildman–Crippen MR) is 80.1 cm³/mol. The number of fused-ring (bicyclic) bond motifs is 1. The molecule has 0 spiro atoms. The Morgan fingerprint density at radius 3 is 2.41 bits per heavy atom. The summed E-state index contributed by atoms with van der Waals surface area (Å²) in [5.41, 5.74) is 0.380. The quantitative estimate of drug-likeness (QED) is 0.759. The first-order valence-corrected chi connectivity index (χ1v) is 7.30. The van der Waals surface area contributed by atoms with Crippen LogP contribution in [0, 0.1) is 0 Å².